The average molecular weight is 360 g/mol. The predicted octanol–water partition coefficient (Wildman–Crippen LogP) is 6.88. The van der Waals surface area contributed by atoms with Crippen LogP contribution in [0.15, 0.2) is 72.8 Å². The molecule has 1 nitrogen and oxygen atoms in total. The van der Waals surface area contributed by atoms with E-state index in [1.165, 1.54) is 31.5 Å². The maximum absolute atomic E-state index is 11.0. The van der Waals surface area contributed by atoms with Crippen molar-refractivity contribution in [2.75, 3.05) is 0 Å². The third-order valence-electron chi connectivity index (χ3n) is 5.81. The number of hydrogen-bond donors (Lipinski definition) is 1. The van der Waals surface area contributed by atoms with Crippen molar-refractivity contribution < 1.29 is 5.11 Å². The first-order valence-corrected chi connectivity index (χ1v) is 10.7. The lowest BCUT2D eigenvalue weighted by Gasteiger charge is -2.32. The number of benzene rings is 3. The van der Waals surface area contributed by atoms with Crippen LogP contribution in [0.25, 0.3) is 25.1 Å². The van der Waals surface area contributed by atoms with Gasteiger partial charge in [-0.1, -0.05) is 55.7 Å². The van der Waals surface area contributed by atoms with Crippen molar-refractivity contribution in [1.82, 2.24) is 0 Å². The van der Waals surface area contributed by atoms with Crippen molar-refractivity contribution in [1.29, 1.82) is 0 Å². The van der Waals surface area contributed by atoms with E-state index >= 15 is 0 Å². The molecule has 3 aromatic carbocycles. The number of fused-ring (bicyclic) bond motifs is 3. The zero-order valence-electron chi connectivity index (χ0n) is 14.8. The lowest BCUT2D eigenvalue weighted by Crippen LogP contribution is -2.28. The van der Waals surface area contributed by atoms with Gasteiger partial charge >= 0.3 is 0 Å². The molecule has 1 aromatic heterocycles. The number of rotatable bonds is 2. The summed E-state index contributed by atoms with van der Waals surface area (Å²) < 4.78 is 2.83. The van der Waals surface area contributed by atoms with Crippen molar-refractivity contribution >= 4 is 30.6 Å². The molecule has 1 aliphatic rings. The van der Waals surface area contributed by atoms with Gasteiger partial charge < -0.3 is 5.11 Å². The van der Waals surface area contributed by atoms with E-state index in [0.29, 0.717) is 0 Å². The summed E-state index contributed by atoms with van der Waals surface area (Å²) in [4.78, 5) is 1.34. The van der Waals surface area contributed by atoms with Gasteiger partial charge in [-0.2, -0.15) is 0 Å². The maximum atomic E-state index is 11.0. The molecule has 1 aliphatic carbocycles. The topological polar surface area (TPSA) is 20.2 Å². The van der Waals surface area contributed by atoms with Gasteiger partial charge in [0.25, 0.3) is 0 Å². The molecule has 0 spiro atoms. The summed E-state index contributed by atoms with van der Waals surface area (Å²) in [7, 11) is -0.0489. The van der Waals surface area contributed by atoms with Gasteiger partial charge in [-0.25, -0.2) is 0 Å². The van der Waals surface area contributed by atoms with Gasteiger partial charge in [0.2, 0.25) is 0 Å². The van der Waals surface area contributed by atoms with Crippen molar-refractivity contribution in [2.24, 2.45) is 0 Å². The van der Waals surface area contributed by atoms with Crippen LogP contribution in [0.4, 0.5) is 0 Å². The summed E-state index contributed by atoms with van der Waals surface area (Å²) in [5, 5.41) is 13.7. The molecule has 0 amide bonds. The van der Waals surface area contributed by atoms with E-state index in [2.05, 4.69) is 72.8 Å². The first-order valence-electron chi connectivity index (χ1n) is 9.52. The Labute approximate surface area is 156 Å². The van der Waals surface area contributed by atoms with E-state index in [1.54, 1.807) is 0 Å². The summed E-state index contributed by atoms with van der Waals surface area (Å²) in [6, 6.07) is 26.4. The highest BCUT2D eigenvalue weighted by Crippen LogP contribution is 2.48. The van der Waals surface area contributed by atoms with Crippen LogP contribution in [0, 0.1) is 0 Å². The predicted molar refractivity (Wildman–Crippen MR) is 112 cm³/mol. The fourth-order valence-corrected chi connectivity index (χ4v) is 6.81. The Morgan fingerprint density at radius 1 is 0.654 bits per heavy atom. The van der Waals surface area contributed by atoms with Gasteiger partial charge in [-0.05, 0) is 54.8 Å². The molecule has 26 heavy (non-hydrogen) atoms. The molecular formula is C24H23OS+. The highest BCUT2D eigenvalue weighted by Gasteiger charge is 2.31. The molecule has 0 radical (unpaired) electrons. The molecule has 4 aromatic rings. The maximum Gasteiger partial charge on any atom is 0.187 e. The SMILES string of the molecule is OC1(c2ccc(-[s+]3c4ccccc4c4ccccc43)cc2)CCCCC1. The van der Waals surface area contributed by atoms with Crippen molar-refractivity contribution in [3.63, 3.8) is 0 Å². The Morgan fingerprint density at radius 3 is 1.77 bits per heavy atom. The summed E-state index contributed by atoms with van der Waals surface area (Å²) >= 11 is 0. The van der Waals surface area contributed by atoms with Crippen molar-refractivity contribution in [2.45, 2.75) is 37.7 Å². The smallest absolute Gasteiger partial charge is 0.187 e. The van der Waals surface area contributed by atoms with Crippen LogP contribution in [0.1, 0.15) is 37.7 Å². The second-order valence-corrected chi connectivity index (χ2v) is 9.38. The van der Waals surface area contributed by atoms with Gasteiger partial charge in [0.05, 0.1) is 5.60 Å². The Morgan fingerprint density at radius 2 is 1.19 bits per heavy atom. The molecule has 2 heteroatoms. The lowest BCUT2D eigenvalue weighted by atomic mass is 9.80. The molecule has 5 rings (SSSR count). The minimum atomic E-state index is -0.620. The molecule has 1 fully saturated rings. The molecule has 0 unspecified atom stereocenters. The van der Waals surface area contributed by atoms with Gasteiger partial charge in [-0.3, -0.25) is 0 Å². The molecular weight excluding hydrogens is 336 g/mol. The summed E-state index contributed by atoms with van der Waals surface area (Å²) in [6.45, 7) is 0. The van der Waals surface area contributed by atoms with Gasteiger partial charge in [0.1, 0.15) is 0 Å². The van der Waals surface area contributed by atoms with Crippen LogP contribution in [0.3, 0.4) is 0 Å². The minimum absolute atomic E-state index is 0.0489. The minimum Gasteiger partial charge on any atom is -0.385 e. The van der Waals surface area contributed by atoms with Gasteiger partial charge in [-0.15, -0.1) is 0 Å². The number of hydrogen-bond acceptors (Lipinski definition) is 1. The Bertz CT molecular complexity index is 1020. The molecule has 1 N–H and O–H groups in total. The van der Waals surface area contributed by atoms with Crippen LogP contribution in [-0.4, -0.2) is 5.11 Å². The van der Waals surface area contributed by atoms with E-state index in [-0.39, 0.29) is 10.5 Å². The van der Waals surface area contributed by atoms with E-state index in [1.807, 2.05) is 0 Å². The lowest BCUT2D eigenvalue weighted by molar-refractivity contribution is -0.000608. The quantitative estimate of drug-likeness (QED) is 0.387. The highest BCUT2D eigenvalue weighted by atomic mass is 32.2. The largest absolute Gasteiger partial charge is 0.385 e. The summed E-state index contributed by atoms with van der Waals surface area (Å²) in [6.07, 6.45) is 5.29. The Kier molecular flexibility index (Phi) is 3.84. The van der Waals surface area contributed by atoms with E-state index < -0.39 is 5.60 Å². The van der Waals surface area contributed by atoms with Crippen LogP contribution in [-0.2, 0) is 5.60 Å². The molecule has 130 valence electrons. The molecule has 0 saturated heterocycles. The normalized spacial score (nSPS) is 17.0. The molecule has 0 bridgehead atoms. The van der Waals surface area contributed by atoms with E-state index in [0.717, 1.165) is 31.2 Å². The number of aliphatic hydroxyl groups is 1. The molecule has 1 heterocycles. The fraction of sp³-hybridized carbons (Fsp3) is 0.250. The summed E-state index contributed by atoms with van der Waals surface area (Å²) in [5.74, 6) is 0. The zero-order valence-corrected chi connectivity index (χ0v) is 15.6. The van der Waals surface area contributed by atoms with Crippen molar-refractivity contribution in [3.05, 3.63) is 78.4 Å². The fourth-order valence-electron chi connectivity index (χ4n) is 4.43. The van der Waals surface area contributed by atoms with Crippen LogP contribution < -0.4 is 0 Å². The Balaban J connectivity index is 1.66. The second kappa shape index (κ2) is 6.22. The van der Waals surface area contributed by atoms with Crippen LogP contribution in [0.5, 0.6) is 0 Å². The summed E-state index contributed by atoms with van der Waals surface area (Å²) in [5.41, 5.74) is 0.469. The first kappa shape index (κ1) is 16.0. The highest BCUT2D eigenvalue weighted by molar-refractivity contribution is 7.50. The number of thiophene rings is 1. The van der Waals surface area contributed by atoms with Crippen LogP contribution >= 0.6 is 10.5 Å². The monoisotopic (exact) mass is 359 g/mol. The second-order valence-electron chi connectivity index (χ2n) is 7.42. The first-order chi connectivity index (χ1) is 12.8. The van der Waals surface area contributed by atoms with E-state index in [9.17, 15) is 5.11 Å². The van der Waals surface area contributed by atoms with E-state index in [4.69, 9.17) is 0 Å². The average Bonchev–Trinajstić information content (AvgIpc) is 3.03. The zero-order chi connectivity index (χ0) is 17.6. The van der Waals surface area contributed by atoms with Gasteiger partial charge in [0, 0.05) is 21.2 Å². The molecule has 0 atom stereocenters. The molecule has 0 aliphatic heterocycles. The molecule has 1 saturated carbocycles. The standard InChI is InChI=1S/C24H23OS/c25-24(16-6-1-7-17-24)18-12-14-19(15-13-18)26-22-10-4-2-8-20(22)21-9-3-5-11-23(21)26/h2-5,8-15,25H,1,6-7,16-17H2/q+1. The van der Waals surface area contributed by atoms with Gasteiger partial charge in [0.15, 0.2) is 14.3 Å². The van der Waals surface area contributed by atoms with Crippen LogP contribution in [0.2, 0.25) is 0 Å². The Hall–Kier alpha value is -2.16. The third kappa shape index (κ3) is 2.48. The van der Waals surface area contributed by atoms with Crippen molar-refractivity contribution in [3.8, 4) is 4.90 Å². The third-order valence-corrected chi connectivity index (χ3v) is 8.15.